The molecule has 7 heteroatoms. The quantitative estimate of drug-likeness (QED) is 0.468. The van der Waals surface area contributed by atoms with E-state index in [-0.39, 0.29) is 18.6 Å². The monoisotopic (exact) mass is 503 g/mol. The normalized spacial score (nSPS) is 15.5. The first kappa shape index (κ1) is 26.5. The Labute approximate surface area is 219 Å². The molecule has 2 heterocycles. The van der Waals surface area contributed by atoms with Crippen molar-refractivity contribution < 1.29 is 19.4 Å². The summed E-state index contributed by atoms with van der Waals surface area (Å²) in [6, 6.07) is 15.8. The number of hydrogen-bond donors (Lipinski definition) is 1. The molecule has 1 aromatic heterocycles. The number of anilines is 2. The molecule has 1 amide bonds. The predicted octanol–water partition coefficient (Wildman–Crippen LogP) is 4.98. The standard InChI is InChI=1S/C30H37N3O4/c1-20-10-7-8-12-25(20)26-17-28(33-13-9-11-22(33)19-34)31-18-27(26)32(4)29(35)30(2,3)21-14-23(36-5)16-24(15-21)37-6/h7-8,10,12,14-18,22,34H,9,11,13,19H2,1-6H3/t22-/m0/s1. The summed E-state index contributed by atoms with van der Waals surface area (Å²) in [5, 5.41) is 9.88. The number of carbonyl (C=O) groups is 1. The summed E-state index contributed by atoms with van der Waals surface area (Å²) in [6.07, 6.45) is 3.74. The van der Waals surface area contributed by atoms with Crippen LogP contribution in [0.3, 0.4) is 0 Å². The number of nitrogens with zero attached hydrogens (tertiary/aromatic N) is 3. The lowest BCUT2D eigenvalue weighted by Crippen LogP contribution is -2.42. The minimum Gasteiger partial charge on any atom is -0.497 e. The van der Waals surface area contributed by atoms with Crippen LogP contribution >= 0.6 is 0 Å². The Morgan fingerprint density at radius 3 is 2.41 bits per heavy atom. The van der Waals surface area contributed by atoms with E-state index in [9.17, 15) is 9.90 Å². The van der Waals surface area contributed by atoms with E-state index in [1.807, 2.05) is 38.1 Å². The smallest absolute Gasteiger partial charge is 0.236 e. The zero-order valence-electron chi connectivity index (χ0n) is 22.6. The summed E-state index contributed by atoms with van der Waals surface area (Å²) in [4.78, 5) is 22.7. The maximum absolute atomic E-state index is 14.0. The second kappa shape index (κ2) is 10.8. The molecular weight excluding hydrogens is 466 g/mol. The number of pyridine rings is 1. The van der Waals surface area contributed by atoms with Crippen LogP contribution in [0.4, 0.5) is 11.5 Å². The van der Waals surface area contributed by atoms with Crippen molar-refractivity contribution >= 4 is 17.4 Å². The predicted molar refractivity (Wildman–Crippen MR) is 148 cm³/mol. The molecule has 3 aromatic rings. The van der Waals surface area contributed by atoms with Gasteiger partial charge in [0.25, 0.3) is 0 Å². The topological polar surface area (TPSA) is 75.1 Å². The number of aliphatic hydroxyl groups is 1. The summed E-state index contributed by atoms with van der Waals surface area (Å²) >= 11 is 0. The van der Waals surface area contributed by atoms with Crippen LogP contribution in [0.25, 0.3) is 11.1 Å². The summed E-state index contributed by atoms with van der Waals surface area (Å²) in [7, 11) is 5.00. The van der Waals surface area contributed by atoms with Gasteiger partial charge in [0.2, 0.25) is 5.91 Å². The van der Waals surface area contributed by atoms with E-state index in [1.165, 1.54) is 0 Å². The molecule has 196 valence electrons. The van der Waals surface area contributed by atoms with Crippen LogP contribution in [0.5, 0.6) is 11.5 Å². The van der Waals surface area contributed by atoms with E-state index < -0.39 is 5.41 Å². The number of aryl methyl sites for hydroxylation is 1. The average molecular weight is 504 g/mol. The molecule has 37 heavy (non-hydrogen) atoms. The van der Waals surface area contributed by atoms with Gasteiger partial charge in [-0.2, -0.15) is 0 Å². The Kier molecular flexibility index (Phi) is 7.73. The molecular formula is C30H37N3O4. The minimum atomic E-state index is -0.866. The molecule has 4 rings (SSSR count). The van der Waals surface area contributed by atoms with Gasteiger partial charge < -0.3 is 24.4 Å². The lowest BCUT2D eigenvalue weighted by molar-refractivity contribution is -0.122. The molecule has 1 aliphatic rings. The van der Waals surface area contributed by atoms with Gasteiger partial charge in [0.15, 0.2) is 0 Å². The van der Waals surface area contributed by atoms with Gasteiger partial charge in [-0.1, -0.05) is 24.3 Å². The van der Waals surface area contributed by atoms with Crippen molar-refractivity contribution in [2.45, 2.75) is 45.1 Å². The Bertz CT molecular complexity index is 1250. The maximum atomic E-state index is 14.0. The molecule has 1 fully saturated rings. The number of ether oxygens (including phenoxy) is 2. The van der Waals surface area contributed by atoms with E-state index in [1.54, 1.807) is 38.4 Å². The molecule has 1 saturated heterocycles. The lowest BCUT2D eigenvalue weighted by atomic mass is 9.82. The van der Waals surface area contributed by atoms with Crippen LogP contribution in [0.15, 0.2) is 54.7 Å². The van der Waals surface area contributed by atoms with Crippen LogP contribution in [0.2, 0.25) is 0 Å². The summed E-state index contributed by atoms with van der Waals surface area (Å²) in [5.74, 6) is 2.00. The SMILES string of the molecule is COc1cc(OC)cc(C(C)(C)C(=O)N(C)c2cnc(N3CCC[C@H]3CO)cc2-c2ccccc2C)c1. The van der Waals surface area contributed by atoms with Crippen LogP contribution in [0, 0.1) is 6.92 Å². The first-order valence-corrected chi connectivity index (χ1v) is 12.7. The van der Waals surface area contributed by atoms with Crippen molar-refractivity contribution in [1.29, 1.82) is 0 Å². The van der Waals surface area contributed by atoms with Gasteiger partial charge in [0.1, 0.15) is 17.3 Å². The number of amides is 1. The molecule has 0 unspecified atom stereocenters. The van der Waals surface area contributed by atoms with Crippen molar-refractivity contribution in [2.24, 2.45) is 0 Å². The number of rotatable bonds is 8. The molecule has 0 bridgehead atoms. The van der Waals surface area contributed by atoms with Crippen molar-refractivity contribution in [3.63, 3.8) is 0 Å². The number of likely N-dealkylation sites (N-methyl/N-ethyl adjacent to an activating group) is 1. The number of methoxy groups -OCH3 is 2. The van der Waals surface area contributed by atoms with Crippen molar-refractivity contribution in [2.75, 3.05) is 44.2 Å². The van der Waals surface area contributed by atoms with Gasteiger partial charge >= 0.3 is 0 Å². The number of aromatic nitrogens is 1. The number of carbonyl (C=O) groups excluding carboxylic acids is 1. The fraction of sp³-hybridized carbons (Fsp3) is 0.400. The van der Waals surface area contributed by atoms with Crippen molar-refractivity contribution in [3.05, 3.63) is 65.9 Å². The molecule has 0 saturated carbocycles. The maximum Gasteiger partial charge on any atom is 0.236 e. The van der Waals surface area contributed by atoms with Gasteiger partial charge in [-0.25, -0.2) is 4.98 Å². The van der Waals surface area contributed by atoms with Crippen LogP contribution in [-0.4, -0.2) is 56.5 Å². The van der Waals surface area contributed by atoms with Crippen LogP contribution in [-0.2, 0) is 10.2 Å². The molecule has 2 aromatic carbocycles. The van der Waals surface area contributed by atoms with Gasteiger partial charge in [-0.15, -0.1) is 0 Å². The van der Waals surface area contributed by atoms with Gasteiger partial charge in [0.05, 0.1) is 44.2 Å². The Hall–Kier alpha value is -3.58. The first-order chi connectivity index (χ1) is 17.7. The molecule has 1 aliphatic heterocycles. The van der Waals surface area contributed by atoms with Crippen molar-refractivity contribution in [1.82, 2.24) is 4.98 Å². The highest BCUT2D eigenvalue weighted by Gasteiger charge is 2.35. The fourth-order valence-corrected chi connectivity index (χ4v) is 5.10. The molecule has 0 aliphatic carbocycles. The van der Waals surface area contributed by atoms with Crippen molar-refractivity contribution in [3.8, 4) is 22.6 Å². The van der Waals surface area contributed by atoms with E-state index in [0.29, 0.717) is 11.5 Å². The van der Waals surface area contributed by atoms with Crippen LogP contribution < -0.4 is 19.3 Å². The Morgan fingerprint density at radius 1 is 1.11 bits per heavy atom. The molecule has 1 N–H and O–H groups in total. The second-order valence-electron chi connectivity index (χ2n) is 10.1. The van der Waals surface area contributed by atoms with Gasteiger partial charge in [-0.3, -0.25) is 4.79 Å². The van der Waals surface area contributed by atoms with Gasteiger partial charge in [0, 0.05) is 25.2 Å². The zero-order chi connectivity index (χ0) is 26.7. The third-order valence-corrected chi connectivity index (χ3v) is 7.46. The summed E-state index contributed by atoms with van der Waals surface area (Å²) in [6.45, 7) is 6.83. The lowest BCUT2D eigenvalue weighted by Gasteiger charge is -2.32. The van der Waals surface area contributed by atoms with E-state index in [4.69, 9.17) is 14.5 Å². The highest BCUT2D eigenvalue weighted by Crippen LogP contribution is 2.39. The highest BCUT2D eigenvalue weighted by molar-refractivity contribution is 6.03. The summed E-state index contributed by atoms with van der Waals surface area (Å²) < 4.78 is 10.9. The molecule has 7 nitrogen and oxygen atoms in total. The average Bonchev–Trinajstić information content (AvgIpc) is 3.41. The molecule has 1 atom stereocenters. The number of aliphatic hydroxyl groups excluding tert-OH is 1. The van der Waals surface area contributed by atoms with E-state index in [2.05, 4.69) is 30.0 Å². The summed E-state index contributed by atoms with van der Waals surface area (Å²) in [5.41, 5.74) is 3.74. The van der Waals surface area contributed by atoms with Gasteiger partial charge in [-0.05, 0) is 68.5 Å². The minimum absolute atomic E-state index is 0.0596. The first-order valence-electron chi connectivity index (χ1n) is 12.7. The largest absolute Gasteiger partial charge is 0.497 e. The number of benzene rings is 2. The van der Waals surface area contributed by atoms with Crippen LogP contribution in [0.1, 0.15) is 37.8 Å². The second-order valence-corrected chi connectivity index (χ2v) is 10.1. The highest BCUT2D eigenvalue weighted by atomic mass is 16.5. The Morgan fingerprint density at radius 2 is 1.78 bits per heavy atom. The molecule has 0 radical (unpaired) electrons. The fourth-order valence-electron chi connectivity index (χ4n) is 5.10. The zero-order valence-corrected chi connectivity index (χ0v) is 22.6. The van der Waals surface area contributed by atoms with E-state index >= 15 is 0 Å². The third-order valence-electron chi connectivity index (χ3n) is 7.46. The number of hydrogen-bond acceptors (Lipinski definition) is 6. The van der Waals surface area contributed by atoms with E-state index in [0.717, 1.165) is 53.1 Å². The Balaban J connectivity index is 1.78. The third kappa shape index (κ3) is 5.14. The molecule has 0 spiro atoms.